The van der Waals surface area contributed by atoms with Crippen LogP contribution in [-0.2, 0) is 14.8 Å². The highest BCUT2D eigenvalue weighted by molar-refractivity contribution is 7.92. The van der Waals surface area contributed by atoms with Crippen LogP contribution < -0.4 is 15.2 Å². The zero-order valence-corrected chi connectivity index (χ0v) is 21.6. The van der Waals surface area contributed by atoms with Crippen molar-refractivity contribution in [2.24, 2.45) is 0 Å². The van der Waals surface area contributed by atoms with Crippen LogP contribution in [0.15, 0.2) is 66.0 Å². The van der Waals surface area contributed by atoms with Gasteiger partial charge in [0.25, 0.3) is 15.9 Å². The third kappa shape index (κ3) is 4.95. The third-order valence-electron chi connectivity index (χ3n) is 6.27. The Morgan fingerprint density at radius 3 is 2.76 bits per heavy atom. The average Bonchev–Trinajstić information content (AvgIpc) is 2.92. The molecule has 12 heteroatoms. The fraction of sp³-hybridized carbons (Fsp3) is 0.231. The lowest BCUT2D eigenvalue weighted by Crippen LogP contribution is -2.47. The number of ether oxygens (including phenoxy) is 2. The van der Waals surface area contributed by atoms with E-state index in [1.54, 1.807) is 29.3 Å². The van der Waals surface area contributed by atoms with Crippen molar-refractivity contribution >= 4 is 38.3 Å². The number of morpholine rings is 1. The average molecular weight is 535 g/mol. The first-order valence-corrected chi connectivity index (χ1v) is 13.3. The summed E-state index contributed by atoms with van der Waals surface area (Å²) in [6.45, 7) is 3.34. The number of carbonyl (C=O) groups excluding carboxylic acids is 1. The molecule has 1 fully saturated rings. The summed E-state index contributed by atoms with van der Waals surface area (Å²) in [7, 11) is -2.52. The van der Waals surface area contributed by atoms with Gasteiger partial charge in [0.15, 0.2) is 0 Å². The number of carbonyl (C=O) groups is 1. The summed E-state index contributed by atoms with van der Waals surface area (Å²) >= 11 is 0. The summed E-state index contributed by atoms with van der Waals surface area (Å²) in [4.78, 5) is 27.6. The number of nitrogens with one attached hydrogen (secondary N) is 1. The normalized spacial score (nSPS) is 15.8. The minimum absolute atomic E-state index is 0.00797. The number of amides is 1. The van der Waals surface area contributed by atoms with Gasteiger partial charge in [0.1, 0.15) is 16.4 Å². The van der Waals surface area contributed by atoms with Gasteiger partial charge in [-0.05, 0) is 48.9 Å². The lowest BCUT2D eigenvalue weighted by molar-refractivity contribution is 0.00364. The number of hydrogen-bond acceptors (Lipinski definition) is 9. The Hall–Kier alpha value is -4.29. The van der Waals surface area contributed by atoms with Gasteiger partial charge < -0.3 is 20.1 Å². The molecule has 1 unspecified atom stereocenters. The number of pyridine rings is 3. The zero-order valence-electron chi connectivity index (χ0n) is 20.8. The highest BCUT2D eigenvalue weighted by Crippen LogP contribution is 2.32. The van der Waals surface area contributed by atoms with E-state index >= 15 is 0 Å². The van der Waals surface area contributed by atoms with Crippen molar-refractivity contribution in [3.05, 3.63) is 66.6 Å². The maximum atomic E-state index is 13.3. The molecule has 1 atom stereocenters. The molecule has 1 amide bonds. The molecule has 1 saturated heterocycles. The van der Waals surface area contributed by atoms with E-state index in [-0.39, 0.29) is 34.2 Å². The van der Waals surface area contributed by atoms with Crippen molar-refractivity contribution in [1.29, 1.82) is 0 Å². The molecule has 3 aromatic heterocycles. The number of sulfonamides is 1. The van der Waals surface area contributed by atoms with Gasteiger partial charge in [-0.1, -0.05) is 6.07 Å². The van der Waals surface area contributed by atoms with E-state index in [0.29, 0.717) is 41.8 Å². The van der Waals surface area contributed by atoms with Crippen LogP contribution in [0, 0.1) is 0 Å². The summed E-state index contributed by atoms with van der Waals surface area (Å²) in [5.74, 6) is 0.0763. The van der Waals surface area contributed by atoms with E-state index in [1.165, 1.54) is 31.6 Å². The topological polar surface area (TPSA) is 150 Å². The van der Waals surface area contributed by atoms with Crippen LogP contribution in [0.3, 0.4) is 0 Å². The fourth-order valence-corrected chi connectivity index (χ4v) is 5.29. The number of rotatable bonds is 6. The summed E-state index contributed by atoms with van der Waals surface area (Å²) in [6, 6.07) is 11.7. The fourth-order valence-electron chi connectivity index (χ4n) is 4.28. The Bertz CT molecular complexity index is 1610. The Kier molecular flexibility index (Phi) is 6.83. The lowest BCUT2D eigenvalue weighted by Gasteiger charge is -2.33. The SMILES string of the molecule is COc1ncc(-c2ccc3nc(N)c(C(=O)N4CCOCC4C)cc3c2)cc1NS(=O)(=O)c1cccnc1. The highest BCUT2D eigenvalue weighted by atomic mass is 32.2. The summed E-state index contributed by atoms with van der Waals surface area (Å²) < 4.78 is 39.0. The van der Waals surface area contributed by atoms with Crippen molar-refractivity contribution in [3.8, 4) is 17.0 Å². The molecule has 0 aliphatic carbocycles. The summed E-state index contributed by atoms with van der Waals surface area (Å²) in [6.07, 6.45) is 4.32. The second kappa shape index (κ2) is 10.2. The third-order valence-corrected chi connectivity index (χ3v) is 7.62. The first kappa shape index (κ1) is 25.4. The molecule has 196 valence electrons. The Labute approximate surface area is 219 Å². The van der Waals surface area contributed by atoms with Crippen LogP contribution in [-0.4, -0.2) is 67.1 Å². The number of nitrogens with two attached hydrogens (primary N) is 1. The number of methoxy groups -OCH3 is 1. The monoisotopic (exact) mass is 534 g/mol. The molecular weight excluding hydrogens is 508 g/mol. The molecule has 4 heterocycles. The highest BCUT2D eigenvalue weighted by Gasteiger charge is 2.27. The number of nitrogen functional groups attached to an aromatic ring is 1. The molecule has 0 radical (unpaired) electrons. The minimum atomic E-state index is -3.92. The molecule has 3 N–H and O–H groups in total. The molecule has 1 aromatic carbocycles. The first-order valence-electron chi connectivity index (χ1n) is 11.8. The van der Waals surface area contributed by atoms with Crippen molar-refractivity contribution < 1.29 is 22.7 Å². The number of anilines is 2. The molecule has 0 saturated carbocycles. The summed E-state index contributed by atoms with van der Waals surface area (Å²) in [5.41, 5.74) is 8.64. The molecule has 11 nitrogen and oxygen atoms in total. The number of aromatic nitrogens is 3. The van der Waals surface area contributed by atoms with Crippen molar-refractivity contribution in [3.63, 3.8) is 0 Å². The number of benzene rings is 1. The molecule has 0 bridgehead atoms. The summed E-state index contributed by atoms with van der Waals surface area (Å²) in [5, 5.41) is 0.703. The predicted molar refractivity (Wildman–Crippen MR) is 142 cm³/mol. The lowest BCUT2D eigenvalue weighted by atomic mass is 10.0. The van der Waals surface area contributed by atoms with Crippen LogP contribution in [0.1, 0.15) is 17.3 Å². The van der Waals surface area contributed by atoms with Crippen LogP contribution in [0.4, 0.5) is 11.5 Å². The Morgan fingerprint density at radius 2 is 2.03 bits per heavy atom. The maximum Gasteiger partial charge on any atom is 0.263 e. The van der Waals surface area contributed by atoms with Crippen LogP contribution in [0.5, 0.6) is 5.88 Å². The molecule has 1 aliphatic heterocycles. The molecular formula is C26H26N6O5S. The van der Waals surface area contributed by atoms with E-state index in [4.69, 9.17) is 15.2 Å². The molecule has 5 rings (SSSR count). The van der Waals surface area contributed by atoms with Gasteiger partial charge in [0.2, 0.25) is 5.88 Å². The van der Waals surface area contributed by atoms with Gasteiger partial charge in [0, 0.05) is 36.1 Å². The van der Waals surface area contributed by atoms with Gasteiger partial charge in [-0.25, -0.2) is 18.4 Å². The van der Waals surface area contributed by atoms with E-state index in [1.807, 2.05) is 19.1 Å². The van der Waals surface area contributed by atoms with E-state index in [0.717, 1.165) is 5.56 Å². The zero-order chi connectivity index (χ0) is 26.9. The van der Waals surface area contributed by atoms with Crippen molar-refractivity contribution in [2.75, 3.05) is 37.3 Å². The number of nitrogens with zero attached hydrogens (tertiary/aromatic N) is 4. The Balaban J connectivity index is 1.51. The smallest absolute Gasteiger partial charge is 0.263 e. The first-order chi connectivity index (χ1) is 18.3. The molecule has 38 heavy (non-hydrogen) atoms. The van der Waals surface area contributed by atoms with Gasteiger partial charge in [-0.2, -0.15) is 0 Å². The van der Waals surface area contributed by atoms with Gasteiger partial charge in [-0.15, -0.1) is 0 Å². The van der Waals surface area contributed by atoms with E-state index < -0.39 is 10.0 Å². The largest absolute Gasteiger partial charge is 0.480 e. The van der Waals surface area contributed by atoms with Crippen molar-refractivity contribution in [1.82, 2.24) is 19.9 Å². The van der Waals surface area contributed by atoms with Gasteiger partial charge in [-0.3, -0.25) is 14.5 Å². The standard InChI is InChI=1S/C26H26N6O5S/c1-16-15-37-9-8-32(16)26(33)21-11-18-10-17(5-6-22(18)30-24(21)27)19-12-23(25(36-2)29-13-19)31-38(34,35)20-4-3-7-28-14-20/h3-7,10-14,16,31H,8-9,15H2,1-2H3,(H2,27,30). The van der Waals surface area contributed by atoms with E-state index in [9.17, 15) is 13.2 Å². The molecule has 1 aliphatic rings. The molecule has 4 aromatic rings. The predicted octanol–water partition coefficient (Wildman–Crippen LogP) is 2.94. The van der Waals surface area contributed by atoms with E-state index in [2.05, 4.69) is 19.7 Å². The second-order valence-electron chi connectivity index (χ2n) is 8.83. The quantitative estimate of drug-likeness (QED) is 0.381. The Morgan fingerprint density at radius 1 is 1.18 bits per heavy atom. The second-order valence-corrected chi connectivity index (χ2v) is 10.5. The van der Waals surface area contributed by atoms with Crippen LogP contribution >= 0.6 is 0 Å². The van der Waals surface area contributed by atoms with Crippen LogP contribution in [0.2, 0.25) is 0 Å². The van der Waals surface area contributed by atoms with Crippen LogP contribution in [0.25, 0.3) is 22.0 Å². The van der Waals surface area contributed by atoms with Crippen molar-refractivity contribution in [2.45, 2.75) is 17.9 Å². The van der Waals surface area contributed by atoms with Gasteiger partial charge in [0.05, 0.1) is 37.4 Å². The number of fused-ring (bicyclic) bond motifs is 1. The van der Waals surface area contributed by atoms with Gasteiger partial charge >= 0.3 is 0 Å². The maximum absolute atomic E-state index is 13.3. The minimum Gasteiger partial charge on any atom is -0.480 e. The number of hydrogen-bond donors (Lipinski definition) is 2. The molecule has 0 spiro atoms.